The van der Waals surface area contributed by atoms with Crippen molar-refractivity contribution in [2.75, 3.05) is 11.1 Å². The number of nitrogen functional groups attached to an aromatic ring is 1. The molecule has 0 aliphatic heterocycles. The number of amides is 3. The first kappa shape index (κ1) is 32.6. The fourth-order valence-electron chi connectivity index (χ4n) is 4.35. The topological polar surface area (TPSA) is 113 Å². The average molecular weight is 629 g/mol. The highest BCUT2D eigenvalue weighted by Crippen LogP contribution is 2.31. The number of halogens is 6. The largest absolute Gasteiger partial charge is 0.416 e. The predicted molar refractivity (Wildman–Crippen MR) is 155 cm³/mol. The molecule has 0 radical (unpaired) electrons. The van der Waals surface area contributed by atoms with Crippen LogP contribution >= 0.6 is 0 Å². The minimum Gasteiger partial charge on any atom is -0.397 e. The third-order valence-electron chi connectivity index (χ3n) is 6.68. The van der Waals surface area contributed by atoms with Crippen LogP contribution in [0.1, 0.15) is 44.1 Å². The molecular formula is C32H26F6N4O3. The number of nitrogens with one attached hydrogen (secondary N) is 3. The van der Waals surface area contributed by atoms with Crippen LogP contribution in [-0.4, -0.2) is 17.7 Å². The number of carbonyl (C=O) groups is 3. The standard InChI is InChI=1S/C32H26F6N4O3/c33-31(34,35)23-7-3-5-19(15-23)17-40-29(44)27(30(45)41-18-20-6-4-8-24(16-20)32(36,37)38)21-11-13-22(14-12-21)28(43)42-26-10-2-1-9-25(26)39/h1-16,27H,17-18,39H2,(H,40,44)(H,41,45)(H,42,43). The van der Waals surface area contributed by atoms with Crippen LogP contribution in [0.25, 0.3) is 0 Å². The summed E-state index contributed by atoms with van der Waals surface area (Å²) in [5.74, 6) is -3.87. The van der Waals surface area contributed by atoms with E-state index in [1.165, 1.54) is 48.5 Å². The van der Waals surface area contributed by atoms with Gasteiger partial charge in [0, 0.05) is 18.7 Å². The molecule has 7 nitrogen and oxygen atoms in total. The monoisotopic (exact) mass is 628 g/mol. The lowest BCUT2D eigenvalue weighted by Crippen LogP contribution is -2.39. The number of carbonyl (C=O) groups excluding carboxylic acids is 3. The molecule has 4 rings (SSSR count). The molecular weight excluding hydrogens is 602 g/mol. The molecule has 0 heterocycles. The normalized spacial score (nSPS) is 11.6. The first-order valence-electron chi connectivity index (χ1n) is 13.4. The molecule has 3 amide bonds. The van der Waals surface area contributed by atoms with Gasteiger partial charge in [-0.3, -0.25) is 14.4 Å². The van der Waals surface area contributed by atoms with E-state index in [2.05, 4.69) is 16.0 Å². The van der Waals surface area contributed by atoms with E-state index in [9.17, 15) is 40.7 Å². The Balaban J connectivity index is 1.55. The summed E-state index contributed by atoms with van der Waals surface area (Å²) >= 11 is 0. The molecule has 0 atom stereocenters. The van der Waals surface area contributed by atoms with Crippen molar-refractivity contribution in [3.05, 3.63) is 130 Å². The van der Waals surface area contributed by atoms with Crippen molar-refractivity contribution in [3.63, 3.8) is 0 Å². The SMILES string of the molecule is Nc1ccccc1NC(=O)c1ccc(C(C(=O)NCc2cccc(C(F)(F)F)c2)C(=O)NCc2cccc(C(F)(F)F)c2)cc1. The molecule has 0 aliphatic rings. The van der Waals surface area contributed by atoms with Gasteiger partial charge in [0.2, 0.25) is 11.8 Å². The minimum atomic E-state index is -4.61. The average Bonchev–Trinajstić information content (AvgIpc) is 3.00. The van der Waals surface area contributed by atoms with Gasteiger partial charge in [0.05, 0.1) is 22.5 Å². The highest BCUT2D eigenvalue weighted by atomic mass is 19.4. The fourth-order valence-corrected chi connectivity index (χ4v) is 4.35. The zero-order chi connectivity index (χ0) is 32.8. The van der Waals surface area contributed by atoms with Crippen molar-refractivity contribution in [3.8, 4) is 0 Å². The van der Waals surface area contributed by atoms with Gasteiger partial charge >= 0.3 is 12.4 Å². The van der Waals surface area contributed by atoms with Crippen LogP contribution in [-0.2, 0) is 35.0 Å². The number of nitrogens with two attached hydrogens (primary N) is 1. The third kappa shape index (κ3) is 8.62. The van der Waals surface area contributed by atoms with Crippen LogP contribution in [0.4, 0.5) is 37.7 Å². The zero-order valence-electron chi connectivity index (χ0n) is 23.3. The number of hydrogen-bond donors (Lipinski definition) is 4. The van der Waals surface area contributed by atoms with Crippen molar-refractivity contribution >= 4 is 29.1 Å². The predicted octanol–water partition coefficient (Wildman–Crippen LogP) is 6.28. The van der Waals surface area contributed by atoms with Crippen molar-refractivity contribution < 1.29 is 40.7 Å². The molecule has 0 fully saturated rings. The second-order valence-corrected chi connectivity index (χ2v) is 9.93. The van der Waals surface area contributed by atoms with Crippen molar-refractivity contribution in [1.29, 1.82) is 0 Å². The Hall–Kier alpha value is -5.33. The van der Waals surface area contributed by atoms with Crippen molar-refractivity contribution in [2.45, 2.75) is 31.4 Å². The summed E-state index contributed by atoms with van der Waals surface area (Å²) in [6, 6.07) is 20.5. The Bertz CT molecular complexity index is 1610. The molecule has 0 saturated heterocycles. The number of alkyl halides is 6. The van der Waals surface area contributed by atoms with E-state index in [1.54, 1.807) is 24.3 Å². The second kappa shape index (κ2) is 13.5. The van der Waals surface area contributed by atoms with E-state index >= 15 is 0 Å². The number of para-hydroxylation sites is 2. The third-order valence-corrected chi connectivity index (χ3v) is 6.68. The smallest absolute Gasteiger partial charge is 0.397 e. The maximum Gasteiger partial charge on any atom is 0.416 e. The first-order chi connectivity index (χ1) is 21.2. The number of anilines is 2. The van der Waals surface area contributed by atoms with Crippen molar-refractivity contribution in [1.82, 2.24) is 10.6 Å². The summed E-state index contributed by atoms with van der Waals surface area (Å²) in [6.45, 7) is -0.696. The van der Waals surface area contributed by atoms with Gasteiger partial charge in [-0.05, 0) is 65.2 Å². The molecule has 0 saturated carbocycles. The molecule has 0 aliphatic carbocycles. The number of benzene rings is 4. The van der Waals surface area contributed by atoms with Crippen LogP contribution in [0.5, 0.6) is 0 Å². The molecule has 4 aromatic carbocycles. The molecule has 0 spiro atoms. The summed E-state index contributed by atoms with van der Waals surface area (Å²) in [5.41, 5.74) is 5.24. The fraction of sp³-hybridized carbons (Fsp3) is 0.156. The highest BCUT2D eigenvalue weighted by molar-refractivity contribution is 6.07. The van der Waals surface area contributed by atoms with Crippen LogP contribution < -0.4 is 21.7 Å². The molecule has 0 bridgehead atoms. The van der Waals surface area contributed by atoms with E-state index in [0.29, 0.717) is 11.4 Å². The molecule has 13 heteroatoms. The summed E-state index contributed by atoms with van der Waals surface area (Å²) in [7, 11) is 0. The Morgan fingerprint density at radius 1 is 0.644 bits per heavy atom. The molecule has 0 aromatic heterocycles. The maximum atomic E-state index is 13.3. The molecule has 45 heavy (non-hydrogen) atoms. The van der Waals surface area contributed by atoms with Gasteiger partial charge < -0.3 is 21.7 Å². The number of hydrogen-bond acceptors (Lipinski definition) is 4. The molecule has 0 unspecified atom stereocenters. The van der Waals surface area contributed by atoms with Gasteiger partial charge in [-0.15, -0.1) is 0 Å². The quantitative estimate of drug-likeness (QED) is 0.0994. The highest BCUT2D eigenvalue weighted by Gasteiger charge is 2.32. The lowest BCUT2D eigenvalue weighted by Gasteiger charge is -2.18. The van der Waals surface area contributed by atoms with Crippen molar-refractivity contribution in [2.24, 2.45) is 0 Å². The van der Waals surface area contributed by atoms with Gasteiger partial charge in [0.1, 0.15) is 5.92 Å². The first-order valence-corrected chi connectivity index (χ1v) is 13.4. The summed E-state index contributed by atoms with van der Waals surface area (Å²) in [6.07, 6.45) is -9.21. The minimum absolute atomic E-state index is 0.119. The number of rotatable bonds is 9. The maximum absolute atomic E-state index is 13.3. The van der Waals surface area contributed by atoms with E-state index in [-0.39, 0.29) is 35.3 Å². The Morgan fingerprint density at radius 3 is 1.60 bits per heavy atom. The summed E-state index contributed by atoms with van der Waals surface area (Å²) in [4.78, 5) is 39.3. The second-order valence-electron chi connectivity index (χ2n) is 9.93. The lowest BCUT2D eigenvalue weighted by atomic mass is 9.95. The van der Waals surface area contributed by atoms with Crippen LogP contribution in [0.2, 0.25) is 0 Å². The van der Waals surface area contributed by atoms with Gasteiger partial charge in [0.15, 0.2) is 0 Å². The van der Waals surface area contributed by atoms with Crippen LogP contribution in [0, 0.1) is 0 Å². The Labute approximate surface area is 253 Å². The molecule has 5 N–H and O–H groups in total. The van der Waals surface area contributed by atoms with Gasteiger partial charge in [-0.1, -0.05) is 48.5 Å². The van der Waals surface area contributed by atoms with Gasteiger partial charge in [-0.2, -0.15) is 26.3 Å². The lowest BCUT2D eigenvalue weighted by molar-refractivity contribution is -0.138. The summed E-state index contributed by atoms with van der Waals surface area (Å²) < 4.78 is 78.8. The van der Waals surface area contributed by atoms with Crippen LogP contribution in [0.3, 0.4) is 0 Å². The summed E-state index contributed by atoms with van der Waals surface area (Å²) in [5, 5.41) is 7.55. The van der Waals surface area contributed by atoms with E-state index in [0.717, 1.165) is 24.3 Å². The molecule has 234 valence electrons. The van der Waals surface area contributed by atoms with Gasteiger partial charge in [-0.25, -0.2) is 0 Å². The van der Waals surface area contributed by atoms with Crippen LogP contribution in [0.15, 0.2) is 97.1 Å². The Morgan fingerprint density at radius 2 is 1.13 bits per heavy atom. The zero-order valence-corrected chi connectivity index (χ0v) is 23.3. The van der Waals surface area contributed by atoms with Gasteiger partial charge in [0.25, 0.3) is 5.91 Å². The van der Waals surface area contributed by atoms with E-state index < -0.39 is 47.1 Å². The van der Waals surface area contributed by atoms with E-state index in [1.807, 2.05) is 0 Å². The molecule has 4 aromatic rings. The Kier molecular flexibility index (Phi) is 9.80. The van der Waals surface area contributed by atoms with E-state index in [4.69, 9.17) is 5.73 Å².